The first-order valence-corrected chi connectivity index (χ1v) is 29.1. The SMILES string of the molecule is CC(C)c1cc(-c2ccccc2)cc(C(C)C)c1-n1c(-c2[c-]ccc3c2oc2cc(-c4ccc(F)cc4)ccc23)nc2ccccc21.[CH3][Ge]([CH3])([CH3])[c]1ccc(-c2[c-]cccc2)nc1.[Ir]. The monoisotopic (exact) mass is 1080 g/mol. The minimum absolute atomic E-state index is 0. The Morgan fingerprint density at radius 2 is 1.30 bits per heavy atom. The van der Waals surface area contributed by atoms with E-state index < -0.39 is 13.3 Å². The summed E-state index contributed by atoms with van der Waals surface area (Å²) in [5.74, 6) is 8.21. The van der Waals surface area contributed by atoms with Gasteiger partial charge >= 0.3 is 99.8 Å². The summed E-state index contributed by atoms with van der Waals surface area (Å²) in [5.41, 5.74) is 14.4. The van der Waals surface area contributed by atoms with Gasteiger partial charge in [0.2, 0.25) is 0 Å². The predicted molar refractivity (Wildman–Crippen MR) is 263 cm³/mol. The van der Waals surface area contributed by atoms with Gasteiger partial charge in [-0.15, -0.1) is 18.2 Å². The van der Waals surface area contributed by atoms with Gasteiger partial charge in [0.05, 0.1) is 22.4 Å². The van der Waals surface area contributed by atoms with E-state index in [1.165, 1.54) is 44.5 Å². The number of hydrogen-bond acceptors (Lipinski definition) is 3. The van der Waals surface area contributed by atoms with E-state index in [1.807, 2.05) is 48.7 Å². The van der Waals surface area contributed by atoms with Crippen molar-refractivity contribution in [1.82, 2.24) is 14.5 Å². The van der Waals surface area contributed by atoms with E-state index in [0.717, 1.165) is 66.7 Å². The van der Waals surface area contributed by atoms with Crippen LogP contribution in [0, 0.1) is 17.9 Å². The van der Waals surface area contributed by atoms with Crippen LogP contribution in [-0.2, 0) is 20.1 Å². The van der Waals surface area contributed by atoms with Gasteiger partial charge in [-0.05, 0) is 87.7 Å². The average Bonchev–Trinajstić information content (AvgIpc) is 3.88. The molecule has 10 rings (SSSR count). The van der Waals surface area contributed by atoms with Gasteiger partial charge in [0.25, 0.3) is 0 Å². The van der Waals surface area contributed by atoms with Gasteiger partial charge in [-0.3, -0.25) is 4.98 Å². The molecule has 3 aromatic heterocycles. The Morgan fingerprint density at radius 1 is 0.625 bits per heavy atom. The summed E-state index contributed by atoms with van der Waals surface area (Å²) in [6.07, 6.45) is 2.04. The molecule has 0 saturated heterocycles. The molecule has 0 aliphatic heterocycles. The summed E-state index contributed by atoms with van der Waals surface area (Å²) in [4.78, 5) is 9.80. The number of hydrogen-bond donors (Lipinski definition) is 0. The Hall–Kier alpha value is -5.92. The van der Waals surface area contributed by atoms with Crippen LogP contribution < -0.4 is 4.40 Å². The van der Waals surface area contributed by atoms with Crippen LogP contribution in [0.2, 0.25) is 17.3 Å². The average molecular weight is 1080 g/mol. The number of nitrogens with zero attached hydrogens (tertiary/aromatic N) is 3. The molecule has 0 bridgehead atoms. The molecule has 3 heterocycles. The van der Waals surface area contributed by atoms with Crippen molar-refractivity contribution in [3.8, 4) is 50.6 Å². The van der Waals surface area contributed by atoms with E-state index >= 15 is 0 Å². The van der Waals surface area contributed by atoms with Crippen LogP contribution in [0.1, 0.15) is 50.7 Å². The second kappa shape index (κ2) is 18.7. The van der Waals surface area contributed by atoms with Crippen LogP contribution in [0.5, 0.6) is 0 Å². The number of para-hydroxylation sites is 2. The molecule has 321 valence electrons. The normalized spacial score (nSPS) is 11.6. The van der Waals surface area contributed by atoms with Crippen LogP contribution >= 0.6 is 0 Å². The Balaban J connectivity index is 0.000000279. The molecule has 0 aliphatic rings. The Bertz CT molecular complexity index is 3180. The summed E-state index contributed by atoms with van der Waals surface area (Å²) >= 11 is -1.72. The maximum Gasteiger partial charge on any atom is 0 e. The van der Waals surface area contributed by atoms with Gasteiger partial charge in [0.1, 0.15) is 11.4 Å². The Morgan fingerprint density at radius 3 is 1.95 bits per heavy atom. The fourth-order valence-electron chi connectivity index (χ4n) is 8.31. The first kappa shape index (κ1) is 44.7. The van der Waals surface area contributed by atoms with Crippen LogP contribution in [0.4, 0.5) is 4.39 Å². The van der Waals surface area contributed by atoms with Crippen LogP contribution in [-0.4, -0.2) is 27.8 Å². The molecule has 0 spiro atoms. The molecule has 0 aliphatic carbocycles. The van der Waals surface area contributed by atoms with Crippen molar-refractivity contribution >= 4 is 50.6 Å². The van der Waals surface area contributed by atoms with E-state index in [2.05, 4.69) is 158 Å². The van der Waals surface area contributed by atoms with Gasteiger partial charge in [-0.2, -0.15) is 0 Å². The largest absolute Gasteiger partial charge is 0 e. The van der Waals surface area contributed by atoms with E-state index in [1.54, 1.807) is 12.1 Å². The fourth-order valence-corrected chi connectivity index (χ4v) is 10.5. The molecular formula is C57H50FGeIrN3O-2. The molecule has 1 radical (unpaired) electrons. The molecule has 7 heteroatoms. The molecule has 0 N–H and O–H groups in total. The van der Waals surface area contributed by atoms with Crippen LogP contribution in [0.3, 0.4) is 0 Å². The second-order valence-electron chi connectivity index (χ2n) is 17.8. The van der Waals surface area contributed by atoms with Crippen molar-refractivity contribution in [1.29, 1.82) is 0 Å². The number of fused-ring (bicyclic) bond motifs is 4. The third-order valence-corrected chi connectivity index (χ3v) is 16.0. The van der Waals surface area contributed by atoms with E-state index in [9.17, 15) is 4.39 Å². The van der Waals surface area contributed by atoms with Crippen molar-refractivity contribution in [2.45, 2.75) is 56.8 Å². The van der Waals surface area contributed by atoms with E-state index in [4.69, 9.17) is 9.40 Å². The maximum absolute atomic E-state index is 13.6. The minimum atomic E-state index is -1.72. The smallest absolute Gasteiger partial charge is 0 e. The van der Waals surface area contributed by atoms with Crippen LogP contribution in [0.25, 0.3) is 83.6 Å². The fraction of sp³-hybridized carbons (Fsp3) is 0.158. The second-order valence-corrected chi connectivity index (χ2v) is 28.5. The molecule has 7 aromatic carbocycles. The van der Waals surface area contributed by atoms with E-state index in [0.29, 0.717) is 0 Å². The zero-order valence-electron chi connectivity index (χ0n) is 37.2. The zero-order chi connectivity index (χ0) is 43.8. The Labute approximate surface area is 392 Å². The molecule has 0 fully saturated rings. The number of rotatable bonds is 8. The predicted octanol–water partition coefficient (Wildman–Crippen LogP) is 15.2. The molecule has 4 nitrogen and oxygen atoms in total. The van der Waals surface area contributed by atoms with Crippen molar-refractivity contribution in [2.75, 3.05) is 0 Å². The third kappa shape index (κ3) is 8.92. The zero-order valence-corrected chi connectivity index (χ0v) is 41.7. The van der Waals surface area contributed by atoms with Crippen molar-refractivity contribution in [3.63, 3.8) is 0 Å². The number of pyridine rings is 1. The van der Waals surface area contributed by atoms with Gasteiger partial charge < -0.3 is 8.98 Å². The number of aromatic nitrogens is 3. The van der Waals surface area contributed by atoms with Crippen molar-refractivity contribution in [2.24, 2.45) is 0 Å². The van der Waals surface area contributed by atoms with Gasteiger partial charge in [-0.1, -0.05) is 105 Å². The molecule has 0 amide bonds. The summed E-state index contributed by atoms with van der Waals surface area (Å²) in [5, 5.41) is 2.02. The Kier molecular flexibility index (Phi) is 13.0. The number of halogens is 1. The van der Waals surface area contributed by atoms with Gasteiger partial charge in [0, 0.05) is 31.2 Å². The maximum atomic E-state index is 13.6. The van der Waals surface area contributed by atoms with E-state index in [-0.39, 0.29) is 37.8 Å². The molecule has 0 atom stereocenters. The van der Waals surface area contributed by atoms with Gasteiger partial charge in [-0.25, -0.2) is 4.39 Å². The molecule has 0 unspecified atom stereocenters. The number of furan rings is 1. The first-order valence-electron chi connectivity index (χ1n) is 21.7. The van der Waals surface area contributed by atoms with Crippen molar-refractivity contribution in [3.05, 3.63) is 193 Å². The van der Waals surface area contributed by atoms with Crippen LogP contribution in [0.15, 0.2) is 168 Å². The summed E-state index contributed by atoms with van der Waals surface area (Å²) in [6.45, 7) is 9.06. The molecule has 10 aromatic rings. The summed E-state index contributed by atoms with van der Waals surface area (Å²) < 4.78 is 24.1. The topological polar surface area (TPSA) is 43.9 Å². The number of benzene rings is 7. The molecule has 0 saturated carbocycles. The quantitative estimate of drug-likeness (QED) is 0.112. The third-order valence-electron chi connectivity index (χ3n) is 11.8. The minimum Gasteiger partial charge on any atom is 0 e. The molecular weight excluding hydrogens is 1030 g/mol. The van der Waals surface area contributed by atoms with Gasteiger partial charge in [0.15, 0.2) is 0 Å². The standard InChI is InChI=1S/C43H34FN2O.C14H16GeN.Ir/c1-26(2)36-23-31(28-11-6-5-7-12-28)24-37(27(3)4)41(36)46-39-16-9-8-15-38(39)45-43(46)35-14-10-13-34-33-22-19-30(25-40(33)47-42(34)35)29-17-20-32(44)21-18-29;1-15(2,3)13-9-10-14(16-11-13)12-7-5-4-6-8-12;/h5-13,15-27H,1-4H3;4-7,9-11H,1-3H3;/q2*-1;. The first-order chi connectivity index (χ1) is 30.4. The summed E-state index contributed by atoms with van der Waals surface area (Å²) in [6, 6.07) is 59.4. The summed E-state index contributed by atoms with van der Waals surface area (Å²) in [7, 11) is 0. The molecule has 64 heavy (non-hydrogen) atoms. The van der Waals surface area contributed by atoms with Crippen molar-refractivity contribution < 1.29 is 28.9 Å². The number of imidazole rings is 1.